The number of aromatic nitrogens is 1. The topological polar surface area (TPSA) is 24.9 Å². The maximum absolute atomic E-state index is 4.45. The number of thiophene rings is 1. The number of halogens is 2. The zero-order valence-corrected chi connectivity index (χ0v) is 14.5. The summed E-state index contributed by atoms with van der Waals surface area (Å²) in [5, 5.41) is 3.65. The van der Waals surface area contributed by atoms with Crippen LogP contribution < -0.4 is 5.32 Å². The van der Waals surface area contributed by atoms with E-state index >= 15 is 0 Å². The molecule has 1 aliphatic rings. The molecule has 3 rings (SSSR count). The molecule has 2 nitrogen and oxygen atoms in total. The fraction of sp³-hybridized carbons (Fsp3) is 0.357. The van der Waals surface area contributed by atoms with Gasteiger partial charge in [-0.3, -0.25) is 0 Å². The Labute approximate surface area is 133 Å². The summed E-state index contributed by atoms with van der Waals surface area (Å²) in [6.45, 7) is 2.04. The summed E-state index contributed by atoms with van der Waals surface area (Å²) in [6, 6.07) is 6.76. The second-order valence-corrected chi connectivity index (χ2v) is 8.11. The molecule has 0 radical (unpaired) electrons. The van der Waals surface area contributed by atoms with Gasteiger partial charge >= 0.3 is 0 Å². The van der Waals surface area contributed by atoms with Crippen molar-refractivity contribution >= 4 is 48.9 Å². The van der Waals surface area contributed by atoms with Crippen LogP contribution in [-0.2, 0) is 6.42 Å². The first-order valence-corrected chi connectivity index (χ1v) is 8.71. The Balaban J connectivity index is 1.88. The Morgan fingerprint density at radius 1 is 1.37 bits per heavy atom. The van der Waals surface area contributed by atoms with Gasteiger partial charge in [0.1, 0.15) is 4.60 Å². The average Bonchev–Trinajstić information content (AvgIpc) is 2.74. The molecule has 1 atom stereocenters. The number of pyridine rings is 1. The van der Waals surface area contributed by atoms with Crippen molar-refractivity contribution in [1.82, 2.24) is 4.98 Å². The molecule has 19 heavy (non-hydrogen) atoms. The molecule has 0 amide bonds. The first-order valence-electron chi connectivity index (χ1n) is 6.31. The van der Waals surface area contributed by atoms with Crippen LogP contribution in [0.3, 0.4) is 0 Å². The molecule has 1 aliphatic carbocycles. The molecule has 2 aromatic heterocycles. The van der Waals surface area contributed by atoms with Gasteiger partial charge in [-0.25, -0.2) is 4.98 Å². The van der Waals surface area contributed by atoms with E-state index in [0.29, 0.717) is 6.04 Å². The molecule has 0 fully saturated rings. The Morgan fingerprint density at radius 2 is 2.21 bits per heavy atom. The van der Waals surface area contributed by atoms with E-state index < -0.39 is 0 Å². The molecule has 0 spiro atoms. The summed E-state index contributed by atoms with van der Waals surface area (Å²) in [5.41, 5.74) is 3.62. The summed E-state index contributed by atoms with van der Waals surface area (Å²) in [7, 11) is 0. The minimum Gasteiger partial charge on any atom is -0.377 e. The van der Waals surface area contributed by atoms with E-state index in [0.717, 1.165) is 16.0 Å². The third-order valence-electron chi connectivity index (χ3n) is 3.47. The maximum Gasteiger partial charge on any atom is 0.106 e. The van der Waals surface area contributed by atoms with E-state index in [1.54, 1.807) is 0 Å². The molecule has 100 valence electrons. The van der Waals surface area contributed by atoms with E-state index in [9.17, 15) is 0 Å². The quantitative estimate of drug-likeness (QED) is 0.675. The molecule has 1 unspecified atom stereocenters. The summed E-state index contributed by atoms with van der Waals surface area (Å²) < 4.78 is 2.12. The Hall–Kier alpha value is -0.390. The number of hydrogen-bond donors (Lipinski definition) is 1. The lowest BCUT2D eigenvalue weighted by Gasteiger charge is -2.25. The van der Waals surface area contributed by atoms with Gasteiger partial charge in [-0.05, 0) is 81.8 Å². The van der Waals surface area contributed by atoms with E-state index in [1.807, 2.05) is 24.3 Å². The van der Waals surface area contributed by atoms with Crippen molar-refractivity contribution in [3.8, 4) is 0 Å². The highest BCUT2D eigenvalue weighted by atomic mass is 79.9. The Morgan fingerprint density at radius 3 is 3.00 bits per heavy atom. The van der Waals surface area contributed by atoms with E-state index in [1.165, 1.54) is 33.5 Å². The van der Waals surface area contributed by atoms with Crippen LogP contribution in [0.2, 0.25) is 0 Å². The van der Waals surface area contributed by atoms with Crippen LogP contribution in [0.4, 0.5) is 5.69 Å². The van der Waals surface area contributed by atoms with Crippen LogP contribution in [-0.4, -0.2) is 4.98 Å². The number of anilines is 1. The first-order chi connectivity index (χ1) is 9.13. The molecule has 2 aromatic rings. The largest absolute Gasteiger partial charge is 0.377 e. The molecule has 0 saturated carbocycles. The lowest BCUT2D eigenvalue weighted by molar-refractivity contribution is 0.608. The molecule has 5 heteroatoms. The van der Waals surface area contributed by atoms with Crippen molar-refractivity contribution < 1.29 is 0 Å². The highest BCUT2D eigenvalue weighted by molar-refractivity contribution is 9.11. The van der Waals surface area contributed by atoms with Crippen LogP contribution in [0.25, 0.3) is 0 Å². The SMILES string of the molecule is Cc1nc(Br)ccc1NC1CCCc2sc(Br)cc21. The maximum atomic E-state index is 4.45. The number of nitrogens with one attached hydrogen (secondary N) is 1. The van der Waals surface area contributed by atoms with Crippen molar-refractivity contribution in [2.75, 3.05) is 5.32 Å². The molecular weight excluding hydrogens is 388 g/mol. The van der Waals surface area contributed by atoms with Gasteiger partial charge in [-0.1, -0.05) is 0 Å². The van der Waals surface area contributed by atoms with Gasteiger partial charge in [-0.2, -0.15) is 0 Å². The standard InChI is InChI=1S/C14H14Br2N2S/c1-8-10(5-6-13(15)17-8)18-11-3-2-4-12-9(11)7-14(16)19-12/h5-7,11,18H,2-4H2,1H3. The van der Waals surface area contributed by atoms with Gasteiger partial charge in [0.2, 0.25) is 0 Å². The number of rotatable bonds is 2. The van der Waals surface area contributed by atoms with E-state index in [2.05, 4.69) is 54.3 Å². The highest BCUT2D eigenvalue weighted by Crippen LogP contribution is 2.39. The van der Waals surface area contributed by atoms with E-state index in [-0.39, 0.29) is 0 Å². The van der Waals surface area contributed by atoms with E-state index in [4.69, 9.17) is 0 Å². The smallest absolute Gasteiger partial charge is 0.106 e. The van der Waals surface area contributed by atoms with Crippen LogP contribution in [0.5, 0.6) is 0 Å². The Bertz CT molecular complexity index is 609. The summed E-state index contributed by atoms with van der Waals surface area (Å²) >= 11 is 8.87. The fourth-order valence-corrected chi connectivity index (χ4v) is 4.76. The number of fused-ring (bicyclic) bond motifs is 1. The zero-order chi connectivity index (χ0) is 13.4. The average molecular weight is 402 g/mol. The van der Waals surface area contributed by atoms with Crippen molar-refractivity contribution in [1.29, 1.82) is 0 Å². The van der Waals surface area contributed by atoms with Gasteiger partial charge in [-0.15, -0.1) is 11.3 Å². The molecule has 2 heterocycles. The van der Waals surface area contributed by atoms with Crippen molar-refractivity contribution in [3.05, 3.63) is 42.7 Å². The van der Waals surface area contributed by atoms with Gasteiger partial charge < -0.3 is 5.32 Å². The van der Waals surface area contributed by atoms with Crippen LogP contribution >= 0.6 is 43.2 Å². The van der Waals surface area contributed by atoms with Gasteiger partial charge in [0.15, 0.2) is 0 Å². The minimum atomic E-state index is 0.410. The van der Waals surface area contributed by atoms with Crippen molar-refractivity contribution in [2.24, 2.45) is 0 Å². The van der Waals surface area contributed by atoms with Crippen molar-refractivity contribution in [2.45, 2.75) is 32.2 Å². The van der Waals surface area contributed by atoms with Gasteiger partial charge in [0, 0.05) is 4.88 Å². The zero-order valence-electron chi connectivity index (χ0n) is 10.5. The highest BCUT2D eigenvalue weighted by Gasteiger charge is 2.23. The van der Waals surface area contributed by atoms with Crippen LogP contribution in [0.15, 0.2) is 26.6 Å². The normalized spacial score (nSPS) is 18.2. The monoisotopic (exact) mass is 400 g/mol. The number of aryl methyl sites for hydroxylation is 2. The second-order valence-electron chi connectivity index (χ2n) is 4.79. The summed E-state index contributed by atoms with van der Waals surface area (Å²) in [4.78, 5) is 5.96. The summed E-state index contributed by atoms with van der Waals surface area (Å²) in [5.74, 6) is 0. The third kappa shape index (κ3) is 2.88. The van der Waals surface area contributed by atoms with Gasteiger partial charge in [0.25, 0.3) is 0 Å². The Kier molecular flexibility index (Phi) is 3.96. The minimum absolute atomic E-state index is 0.410. The van der Waals surface area contributed by atoms with Gasteiger partial charge in [0.05, 0.1) is 21.2 Å². The third-order valence-corrected chi connectivity index (χ3v) is 5.62. The predicted molar refractivity (Wildman–Crippen MR) is 88.0 cm³/mol. The first kappa shape index (κ1) is 13.6. The molecule has 1 N–H and O–H groups in total. The van der Waals surface area contributed by atoms with Crippen molar-refractivity contribution in [3.63, 3.8) is 0 Å². The fourth-order valence-electron chi connectivity index (χ4n) is 2.54. The number of nitrogens with zero attached hydrogens (tertiary/aromatic N) is 1. The lowest BCUT2D eigenvalue weighted by Crippen LogP contribution is -2.16. The lowest BCUT2D eigenvalue weighted by atomic mass is 9.94. The second kappa shape index (κ2) is 5.54. The molecule has 0 bridgehead atoms. The van der Waals surface area contributed by atoms with Crippen LogP contribution in [0.1, 0.15) is 35.0 Å². The number of hydrogen-bond acceptors (Lipinski definition) is 3. The predicted octanol–water partition coefficient (Wildman–Crippen LogP) is 5.47. The summed E-state index contributed by atoms with van der Waals surface area (Å²) in [6.07, 6.45) is 3.65. The molecule has 0 aromatic carbocycles. The molecule has 0 saturated heterocycles. The van der Waals surface area contributed by atoms with Crippen LogP contribution in [0, 0.1) is 6.92 Å². The molecular formula is C14H14Br2N2S. The molecule has 0 aliphatic heterocycles.